The van der Waals surface area contributed by atoms with Crippen molar-refractivity contribution in [2.75, 3.05) is 0 Å². The lowest BCUT2D eigenvalue weighted by Crippen LogP contribution is -2.13. The van der Waals surface area contributed by atoms with Gasteiger partial charge in [0.15, 0.2) is 11.7 Å². The summed E-state index contributed by atoms with van der Waals surface area (Å²) in [5.41, 5.74) is 1.73. The number of carbonyl (C=O) groups is 1. The quantitative estimate of drug-likeness (QED) is 0.857. The lowest BCUT2D eigenvalue weighted by atomic mass is 9.99. The number of nitriles is 1. The first-order chi connectivity index (χ1) is 9.11. The first-order valence-corrected chi connectivity index (χ1v) is 7.37. The van der Waals surface area contributed by atoms with Crippen LogP contribution < -0.4 is 0 Å². The maximum atomic E-state index is 12.2. The predicted molar refractivity (Wildman–Crippen MR) is 78.1 cm³/mol. The van der Waals surface area contributed by atoms with Gasteiger partial charge in [-0.1, -0.05) is 34.1 Å². The molecule has 0 amide bonds. The molecule has 0 saturated carbocycles. The minimum atomic E-state index is -0.772. The van der Waals surface area contributed by atoms with Crippen molar-refractivity contribution < 1.29 is 4.79 Å². The largest absolute Gasteiger partial charge is 0.297 e. The van der Waals surface area contributed by atoms with Gasteiger partial charge in [-0.3, -0.25) is 4.79 Å². The highest BCUT2D eigenvalue weighted by Gasteiger charge is 2.23. The van der Waals surface area contributed by atoms with Crippen LogP contribution >= 0.6 is 27.3 Å². The van der Waals surface area contributed by atoms with Crippen LogP contribution in [-0.4, -0.2) is 10.8 Å². The standard InChI is InChI=1S/C14H11BrN2OS/c1-9-8-19-14(17-9)11(7-16)13(18)6-10-4-2-3-5-12(10)15/h2-5,8,11H,6H2,1H3/t11-/m1/s1. The van der Waals surface area contributed by atoms with Gasteiger partial charge >= 0.3 is 0 Å². The van der Waals surface area contributed by atoms with Crippen molar-refractivity contribution in [3.63, 3.8) is 0 Å². The first-order valence-electron chi connectivity index (χ1n) is 5.69. The van der Waals surface area contributed by atoms with Crippen molar-refractivity contribution in [3.8, 4) is 6.07 Å². The number of rotatable bonds is 4. The Morgan fingerprint density at radius 2 is 2.26 bits per heavy atom. The molecule has 1 aromatic carbocycles. The summed E-state index contributed by atoms with van der Waals surface area (Å²) < 4.78 is 0.885. The summed E-state index contributed by atoms with van der Waals surface area (Å²) in [4.78, 5) is 16.5. The Balaban J connectivity index is 2.19. The second-order valence-electron chi connectivity index (χ2n) is 4.12. The van der Waals surface area contributed by atoms with Gasteiger partial charge in [-0.05, 0) is 18.6 Å². The highest BCUT2D eigenvalue weighted by Crippen LogP contribution is 2.24. The van der Waals surface area contributed by atoms with E-state index < -0.39 is 5.92 Å². The third kappa shape index (κ3) is 3.28. The molecule has 2 aromatic rings. The zero-order chi connectivity index (χ0) is 13.8. The average molecular weight is 335 g/mol. The number of benzene rings is 1. The van der Waals surface area contributed by atoms with Gasteiger partial charge in [-0.25, -0.2) is 4.98 Å². The fraction of sp³-hybridized carbons (Fsp3) is 0.214. The summed E-state index contributed by atoms with van der Waals surface area (Å²) in [6, 6.07) is 9.59. The highest BCUT2D eigenvalue weighted by molar-refractivity contribution is 9.10. The van der Waals surface area contributed by atoms with Crippen molar-refractivity contribution in [1.29, 1.82) is 5.26 Å². The molecule has 1 atom stereocenters. The molecule has 2 rings (SSSR count). The van der Waals surface area contributed by atoms with E-state index in [0.29, 0.717) is 5.01 Å². The molecule has 1 aromatic heterocycles. The molecule has 0 saturated heterocycles. The summed E-state index contributed by atoms with van der Waals surface area (Å²) in [6.07, 6.45) is 0.234. The van der Waals surface area contributed by atoms with Crippen LogP contribution in [0.15, 0.2) is 34.1 Å². The van der Waals surface area contributed by atoms with Gasteiger partial charge in [-0.2, -0.15) is 5.26 Å². The second-order valence-corrected chi connectivity index (χ2v) is 5.87. The van der Waals surface area contributed by atoms with E-state index in [1.54, 1.807) is 0 Å². The van der Waals surface area contributed by atoms with Crippen molar-refractivity contribution in [2.45, 2.75) is 19.3 Å². The lowest BCUT2D eigenvalue weighted by Gasteiger charge is -2.06. The number of nitrogens with zero attached hydrogens (tertiary/aromatic N) is 2. The molecule has 0 N–H and O–H groups in total. The normalized spacial score (nSPS) is 11.8. The van der Waals surface area contributed by atoms with Gasteiger partial charge in [0.05, 0.1) is 6.07 Å². The van der Waals surface area contributed by atoms with Gasteiger partial charge < -0.3 is 0 Å². The molecule has 0 fully saturated rings. The Hall–Kier alpha value is -1.51. The molecular weight excluding hydrogens is 324 g/mol. The number of hydrogen-bond donors (Lipinski definition) is 0. The highest BCUT2D eigenvalue weighted by atomic mass is 79.9. The van der Waals surface area contributed by atoms with E-state index in [4.69, 9.17) is 0 Å². The van der Waals surface area contributed by atoms with Gasteiger partial charge in [0.2, 0.25) is 0 Å². The van der Waals surface area contributed by atoms with Crippen molar-refractivity contribution >= 4 is 33.0 Å². The van der Waals surface area contributed by atoms with E-state index in [9.17, 15) is 10.1 Å². The molecule has 0 bridgehead atoms. The molecule has 3 nitrogen and oxygen atoms in total. The van der Waals surface area contributed by atoms with Crippen LogP contribution in [0.25, 0.3) is 0 Å². The van der Waals surface area contributed by atoms with E-state index in [1.165, 1.54) is 11.3 Å². The molecule has 0 radical (unpaired) electrons. The molecule has 0 spiro atoms. The number of halogens is 1. The third-order valence-electron chi connectivity index (χ3n) is 2.66. The molecule has 0 aliphatic rings. The molecule has 96 valence electrons. The van der Waals surface area contributed by atoms with Crippen LogP contribution in [0.4, 0.5) is 0 Å². The lowest BCUT2D eigenvalue weighted by molar-refractivity contribution is -0.118. The van der Waals surface area contributed by atoms with Crippen LogP contribution in [-0.2, 0) is 11.2 Å². The summed E-state index contributed by atoms with van der Waals surface area (Å²) >= 11 is 4.77. The average Bonchev–Trinajstić information content (AvgIpc) is 2.80. The monoisotopic (exact) mass is 334 g/mol. The van der Waals surface area contributed by atoms with Gasteiger partial charge in [0.1, 0.15) is 5.01 Å². The zero-order valence-corrected chi connectivity index (χ0v) is 12.7. The molecule has 0 aliphatic heterocycles. The summed E-state index contributed by atoms with van der Waals surface area (Å²) in [6.45, 7) is 1.85. The smallest absolute Gasteiger partial charge is 0.161 e. The Morgan fingerprint density at radius 1 is 1.53 bits per heavy atom. The topological polar surface area (TPSA) is 53.8 Å². The molecule has 0 aliphatic carbocycles. The number of aromatic nitrogens is 1. The summed E-state index contributed by atoms with van der Waals surface area (Å²) in [5, 5.41) is 11.6. The Kier molecular flexibility index (Phi) is 4.46. The molecule has 5 heteroatoms. The van der Waals surface area contributed by atoms with Gasteiger partial charge in [0.25, 0.3) is 0 Å². The number of thiazole rings is 1. The number of Topliss-reactive ketones (excluding diaryl/α,β-unsaturated/α-hetero) is 1. The van der Waals surface area contributed by atoms with Crippen LogP contribution in [0, 0.1) is 18.3 Å². The third-order valence-corrected chi connectivity index (χ3v) is 4.46. The Labute approximate surface area is 124 Å². The summed E-state index contributed by atoms with van der Waals surface area (Å²) in [5.74, 6) is -0.894. The SMILES string of the molecule is Cc1csc([C@H](C#N)C(=O)Cc2ccccc2Br)n1. The Bertz CT molecular complexity index is 645. The maximum absolute atomic E-state index is 12.2. The van der Waals surface area contributed by atoms with E-state index >= 15 is 0 Å². The number of hydrogen-bond acceptors (Lipinski definition) is 4. The minimum Gasteiger partial charge on any atom is -0.297 e. The van der Waals surface area contributed by atoms with Crippen LogP contribution in [0.3, 0.4) is 0 Å². The van der Waals surface area contributed by atoms with Crippen molar-refractivity contribution in [1.82, 2.24) is 4.98 Å². The second kappa shape index (κ2) is 6.09. The van der Waals surface area contributed by atoms with Crippen LogP contribution in [0.5, 0.6) is 0 Å². The first kappa shape index (κ1) is 13.9. The molecule has 19 heavy (non-hydrogen) atoms. The maximum Gasteiger partial charge on any atom is 0.161 e. The summed E-state index contributed by atoms with van der Waals surface area (Å²) in [7, 11) is 0. The number of carbonyl (C=O) groups excluding carboxylic acids is 1. The van der Waals surface area contributed by atoms with Crippen molar-refractivity contribution in [3.05, 3.63) is 50.4 Å². The zero-order valence-electron chi connectivity index (χ0n) is 10.3. The van der Waals surface area contributed by atoms with E-state index in [-0.39, 0.29) is 12.2 Å². The Morgan fingerprint density at radius 3 is 2.84 bits per heavy atom. The fourth-order valence-corrected chi connectivity index (χ4v) is 2.99. The minimum absolute atomic E-state index is 0.122. The van der Waals surface area contributed by atoms with Crippen LogP contribution in [0.1, 0.15) is 22.2 Å². The number of aryl methyl sites for hydroxylation is 1. The van der Waals surface area contributed by atoms with Crippen molar-refractivity contribution in [2.24, 2.45) is 0 Å². The molecule has 1 heterocycles. The van der Waals surface area contributed by atoms with E-state index in [2.05, 4.69) is 27.0 Å². The molecule has 0 unspecified atom stereocenters. The fourth-order valence-electron chi connectivity index (χ4n) is 1.70. The van der Waals surface area contributed by atoms with E-state index in [0.717, 1.165) is 15.7 Å². The predicted octanol–water partition coefficient (Wildman–Crippen LogP) is 3.63. The van der Waals surface area contributed by atoms with Gasteiger partial charge in [-0.15, -0.1) is 11.3 Å². The van der Waals surface area contributed by atoms with Crippen LogP contribution in [0.2, 0.25) is 0 Å². The van der Waals surface area contributed by atoms with E-state index in [1.807, 2.05) is 36.6 Å². The number of ketones is 1. The molecular formula is C14H11BrN2OS. The van der Waals surface area contributed by atoms with Gasteiger partial charge in [0, 0.05) is 22.0 Å².